The highest BCUT2D eigenvalue weighted by molar-refractivity contribution is 5.94. The lowest BCUT2D eigenvalue weighted by molar-refractivity contribution is -0.117. The number of nitrogens with two attached hydrogens (primary N) is 1. The second kappa shape index (κ2) is 7.31. The summed E-state index contributed by atoms with van der Waals surface area (Å²) in [6.07, 6.45) is 1.51. The number of carbonyl (C=O) groups excluding carboxylic acids is 1. The molecule has 1 amide bonds. The Morgan fingerprint density at radius 2 is 2.04 bits per heavy atom. The average Bonchev–Trinajstić information content (AvgIpc) is 2.61. The van der Waals surface area contributed by atoms with E-state index < -0.39 is 6.04 Å². The molecule has 0 bridgehead atoms. The Labute approximate surface area is 141 Å². The Kier molecular flexibility index (Phi) is 4.96. The van der Waals surface area contributed by atoms with E-state index in [9.17, 15) is 4.79 Å². The molecule has 2 aromatic rings. The molecule has 6 heteroatoms. The minimum atomic E-state index is -0.519. The van der Waals surface area contributed by atoms with Crippen LogP contribution in [0.15, 0.2) is 36.4 Å². The molecule has 1 atom stereocenters. The van der Waals surface area contributed by atoms with Gasteiger partial charge in [0.2, 0.25) is 5.91 Å². The number of nitrogens with zero attached hydrogens (tertiary/aromatic N) is 1. The van der Waals surface area contributed by atoms with Gasteiger partial charge in [-0.05, 0) is 36.8 Å². The van der Waals surface area contributed by atoms with Gasteiger partial charge in [-0.1, -0.05) is 19.4 Å². The monoisotopic (exact) mass is 327 g/mol. The van der Waals surface area contributed by atoms with E-state index in [1.807, 2.05) is 37.3 Å². The molecule has 3 rings (SSSR count). The Hall–Kier alpha value is -2.60. The van der Waals surface area contributed by atoms with Gasteiger partial charge in [0.25, 0.3) is 0 Å². The third-order valence-electron chi connectivity index (χ3n) is 3.77. The first-order chi connectivity index (χ1) is 11.7. The SMILES string of the molecule is CCCC(N)C(=O)Nc1cccc(-c2ccc3c(c2)OCCO3)n1. The molecule has 0 saturated heterocycles. The number of hydrogen-bond acceptors (Lipinski definition) is 5. The van der Waals surface area contributed by atoms with Crippen molar-refractivity contribution >= 4 is 11.7 Å². The standard InChI is InChI=1S/C18H21N3O3/c1-2-4-13(19)18(22)21-17-6-3-5-14(20-17)12-7-8-15-16(11-12)24-10-9-23-15/h3,5-8,11,13H,2,4,9-10,19H2,1H3,(H,20,21,22). The third-order valence-corrected chi connectivity index (χ3v) is 3.77. The number of rotatable bonds is 5. The number of aromatic nitrogens is 1. The summed E-state index contributed by atoms with van der Waals surface area (Å²) in [5, 5.41) is 2.77. The fourth-order valence-corrected chi connectivity index (χ4v) is 2.53. The zero-order valence-corrected chi connectivity index (χ0v) is 13.6. The van der Waals surface area contributed by atoms with Gasteiger partial charge >= 0.3 is 0 Å². The number of hydrogen-bond donors (Lipinski definition) is 2. The first-order valence-electron chi connectivity index (χ1n) is 8.11. The molecule has 6 nitrogen and oxygen atoms in total. The Bertz CT molecular complexity index is 733. The molecule has 1 aromatic carbocycles. The highest BCUT2D eigenvalue weighted by Gasteiger charge is 2.15. The smallest absolute Gasteiger partial charge is 0.242 e. The van der Waals surface area contributed by atoms with Gasteiger partial charge in [0.1, 0.15) is 19.0 Å². The molecule has 1 aromatic heterocycles. The first kappa shape index (κ1) is 16.3. The maximum absolute atomic E-state index is 12.0. The fourth-order valence-electron chi connectivity index (χ4n) is 2.53. The van der Waals surface area contributed by atoms with Crippen molar-refractivity contribution in [1.82, 2.24) is 4.98 Å². The summed E-state index contributed by atoms with van der Waals surface area (Å²) in [4.78, 5) is 16.5. The minimum Gasteiger partial charge on any atom is -0.486 e. The van der Waals surface area contributed by atoms with Gasteiger partial charge in [0.15, 0.2) is 11.5 Å². The molecule has 1 aliphatic heterocycles. The molecule has 0 radical (unpaired) electrons. The predicted octanol–water partition coefficient (Wildman–Crippen LogP) is 2.59. The Balaban J connectivity index is 1.79. The molecule has 0 fully saturated rings. The zero-order valence-electron chi connectivity index (χ0n) is 13.6. The Morgan fingerprint density at radius 3 is 2.83 bits per heavy atom. The quantitative estimate of drug-likeness (QED) is 0.881. The van der Waals surface area contributed by atoms with Crippen LogP contribution in [0.5, 0.6) is 11.5 Å². The van der Waals surface area contributed by atoms with Crippen LogP contribution in [0.3, 0.4) is 0 Å². The van der Waals surface area contributed by atoms with E-state index in [2.05, 4.69) is 10.3 Å². The lowest BCUT2D eigenvalue weighted by atomic mass is 10.1. The van der Waals surface area contributed by atoms with Crippen LogP contribution in [-0.2, 0) is 4.79 Å². The van der Waals surface area contributed by atoms with E-state index in [1.165, 1.54) is 0 Å². The molecule has 0 spiro atoms. The van der Waals surface area contributed by atoms with Crippen LogP contribution in [0.2, 0.25) is 0 Å². The van der Waals surface area contributed by atoms with E-state index >= 15 is 0 Å². The van der Waals surface area contributed by atoms with Crippen molar-refractivity contribution in [2.75, 3.05) is 18.5 Å². The molecular weight excluding hydrogens is 306 g/mol. The van der Waals surface area contributed by atoms with Crippen LogP contribution in [0.25, 0.3) is 11.3 Å². The molecule has 2 heterocycles. The number of fused-ring (bicyclic) bond motifs is 1. The number of anilines is 1. The molecule has 24 heavy (non-hydrogen) atoms. The molecule has 0 aliphatic carbocycles. The zero-order chi connectivity index (χ0) is 16.9. The first-order valence-corrected chi connectivity index (χ1v) is 8.11. The van der Waals surface area contributed by atoms with Gasteiger partial charge in [-0.2, -0.15) is 0 Å². The molecule has 3 N–H and O–H groups in total. The van der Waals surface area contributed by atoms with Crippen LogP contribution in [0.4, 0.5) is 5.82 Å². The minimum absolute atomic E-state index is 0.219. The molecule has 1 unspecified atom stereocenters. The van der Waals surface area contributed by atoms with Crippen LogP contribution in [0.1, 0.15) is 19.8 Å². The van der Waals surface area contributed by atoms with Crippen LogP contribution in [-0.4, -0.2) is 30.1 Å². The van der Waals surface area contributed by atoms with Crippen molar-refractivity contribution in [3.63, 3.8) is 0 Å². The number of ether oxygens (including phenoxy) is 2. The van der Waals surface area contributed by atoms with Crippen molar-refractivity contribution in [2.24, 2.45) is 5.73 Å². The van der Waals surface area contributed by atoms with Gasteiger partial charge in [0.05, 0.1) is 11.7 Å². The largest absolute Gasteiger partial charge is 0.486 e. The van der Waals surface area contributed by atoms with Gasteiger partial charge in [0, 0.05) is 5.56 Å². The second-order valence-corrected chi connectivity index (χ2v) is 5.65. The predicted molar refractivity (Wildman–Crippen MR) is 92.2 cm³/mol. The maximum atomic E-state index is 12.0. The number of pyridine rings is 1. The lowest BCUT2D eigenvalue weighted by Crippen LogP contribution is -2.35. The van der Waals surface area contributed by atoms with Gasteiger partial charge in [-0.3, -0.25) is 4.79 Å². The molecule has 126 valence electrons. The normalized spacial score (nSPS) is 14.1. The highest BCUT2D eigenvalue weighted by Crippen LogP contribution is 2.34. The van der Waals surface area contributed by atoms with Crippen molar-refractivity contribution < 1.29 is 14.3 Å². The topological polar surface area (TPSA) is 86.5 Å². The summed E-state index contributed by atoms with van der Waals surface area (Å²) in [5.74, 6) is 1.71. The van der Waals surface area contributed by atoms with Crippen molar-refractivity contribution in [2.45, 2.75) is 25.8 Å². The highest BCUT2D eigenvalue weighted by atomic mass is 16.6. The van der Waals surface area contributed by atoms with Gasteiger partial charge < -0.3 is 20.5 Å². The lowest BCUT2D eigenvalue weighted by Gasteiger charge is -2.18. The maximum Gasteiger partial charge on any atom is 0.242 e. The molecule has 0 saturated carbocycles. The Morgan fingerprint density at radius 1 is 1.25 bits per heavy atom. The summed E-state index contributed by atoms with van der Waals surface area (Å²) < 4.78 is 11.1. The number of nitrogens with one attached hydrogen (secondary N) is 1. The van der Waals surface area contributed by atoms with Crippen molar-refractivity contribution in [3.05, 3.63) is 36.4 Å². The van der Waals surface area contributed by atoms with Crippen LogP contribution < -0.4 is 20.5 Å². The molecule has 1 aliphatic rings. The number of benzene rings is 1. The summed E-state index contributed by atoms with van der Waals surface area (Å²) in [6.45, 7) is 3.09. The van der Waals surface area contributed by atoms with E-state index in [0.29, 0.717) is 31.2 Å². The van der Waals surface area contributed by atoms with Crippen molar-refractivity contribution in [3.8, 4) is 22.8 Å². The summed E-state index contributed by atoms with van der Waals surface area (Å²) in [5.41, 5.74) is 7.47. The van der Waals surface area contributed by atoms with Crippen molar-refractivity contribution in [1.29, 1.82) is 0 Å². The van der Waals surface area contributed by atoms with Gasteiger partial charge in [-0.15, -0.1) is 0 Å². The van der Waals surface area contributed by atoms with Crippen LogP contribution >= 0.6 is 0 Å². The number of amides is 1. The third kappa shape index (κ3) is 3.65. The van der Waals surface area contributed by atoms with E-state index in [1.54, 1.807) is 6.07 Å². The van der Waals surface area contributed by atoms with E-state index in [4.69, 9.17) is 15.2 Å². The summed E-state index contributed by atoms with van der Waals surface area (Å²) in [7, 11) is 0. The number of carbonyl (C=O) groups is 1. The van der Waals surface area contributed by atoms with E-state index in [-0.39, 0.29) is 5.91 Å². The summed E-state index contributed by atoms with van der Waals surface area (Å²) in [6, 6.07) is 10.6. The van der Waals surface area contributed by atoms with E-state index in [0.717, 1.165) is 23.4 Å². The van der Waals surface area contributed by atoms with Crippen LogP contribution in [0, 0.1) is 0 Å². The van der Waals surface area contributed by atoms with Gasteiger partial charge in [-0.25, -0.2) is 4.98 Å². The summed E-state index contributed by atoms with van der Waals surface area (Å²) >= 11 is 0. The average molecular weight is 327 g/mol. The molecular formula is C18H21N3O3. The fraction of sp³-hybridized carbons (Fsp3) is 0.333. The second-order valence-electron chi connectivity index (χ2n) is 5.65.